The lowest BCUT2D eigenvalue weighted by Crippen LogP contribution is -2.17. The molecule has 4 rings (SSSR count). The first-order valence-corrected chi connectivity index (χ1v) is 11.8. The van der Waals surface area contributed by atoms with Crippen LogP contribution in [0, 0.1) is 10.1 Å². The highest BCUT2D eigenvalue weighted by molar-refractivity contribution is 7.54. The van der Waals surface area contributed by atoms with Crippen LogP contribution in [0.4, 0.5) is 5.69 Å². The number of rotatable bonds is 10. The van der Waals surface area contributed by atoms with Crippen LogP contribution in [-0.4, -0.2) is 59.4 Å². The average molecular weight is 446 g/mol. The molecular formula is C21H27N4O5P. The first-order valence-electron chi connectivity index (χ1n) is 10.3. The molecule has 2 aliphatic rings. The highest BCUT2D eigenvalue weighted by atomic mass is 31.2. The van der Waals surface area contributed by atoms with Crippen molar-refractivity contribution in [2.45, 2.75) is 19.6 Å². The fourth-order valence-electron chi connectivity index (χ4n) is 3.29. The number of hydrogen-bond donors (Lipinski definition) is 0. The minimum absolute atomic E-state index is 0.0628. The van der Waals surface area contributed by atoms with E-state index in [1.165, 1.54) is 6.07 Å². The fourth-order valence-corrected chi connectivity index (χ4v) is 5.48. The van der Waals surface area contributed by atoms with Crippen LogP contribution in [-0.2, 0) is 15.7 Å². The molecular weight excluding hydrogens is 419 g/mol. The van der Waals surface area contributed by atoms with Gasteiger partial charge in [0.25, 0.3) is 0 Å². The molecule has 2 heterocycles. The Kier molecular flexibility index (Phi) is 6.14. The first-order chi connectivity index (χ1) is 14.8. The van der Waals surface area contributed by atoms with Gasteiger partial charge in [-0.15, -0.1) is 0 Å². The molecule has 2 aliphatic heterocycles. The van der Waals surface area contributed by atoms with Crippen LogP contribution >= 0.6 is 7.67 Å². The summed E-state index contributed by atoms with van der Waals surface area (Å²) in [6, 6.07) is 12.2. The minimum atomic E-state index is -2.96. The zero-order chi connectivity index (χ0) is 22.2. The summed E-state index contributed by atoms with van der Waals surface area (Å²) >= 11 is 0. The molecule has 166 valence electrons. The zero-order valence-electron chi connectivity index (χ0n) is 17.9. The topological polar surface area (TPSA) is 87.9 Å². The molecule has 0 amide bonds. The molecule has 0 radical (unpaired) electrons. The fraction of sp³-hybridized carbons (Fsp3) is 0.429. The Labute approximate surface area is 181 Å². The Balaban J connectivity index is 1.59. The van der Waals surface area contributed by atoms with Gasteiger partial charge in [-0.1, -0.05) is 18.2 Å². The van der Waals surface area contributed by atoms with Gasteiger partial charge in [0.15, 0.2) is 0 Å². The van der Waals surface area contributed by atoms with Crippen molar-refractivity contribution < 1.29 is 18.7 Å². The number of nitro benzene ring substituents is 1. The third kappa shape index (κ3) is 4.81. The van der Waals surface area contributed by atoms with Gasteiger partial charge in [-0.3, -0.25) is 14.7 Å². The molecule has 1 atom stereocenters. The Bertz CT molecular complexity index is 1010. The van der Waals surface area contributed by atoms with Gasteiger partial charge in [0.1, 0.15) is 5.75 Å². The van der Waals surface area contributed by atoms with Crippen LogP contribution in [0.3, 0.4) is 0 Å². The number of nitro groups is 1. The van der Waals surface area contributed by atoms with Gasteiger partial charge >= 0.3 is 13.4 Å². The summed E-state index contributed by atoms with van der Waals surface area (Å²) < 4.78 is 28.7. The zero-order valence-corrected chi connectivity index (χ0v) is 18.8. The summed E-state index contributed by atoms with van der Waals surface area (Å²) in [6.07, 6.45) is 0. The third-order valence-electron chi connectivity index (χ3n) is 5.55. The Hall–Kier alpha value is -2.29. The SMILES string of the molecule is CC(c1ccccc1Oc1cc(COP(=O)(N2CC2)N2CC2)ccc1[N+](=O)[O-])N(C)C. The van der Waals surface area contributed by atoms with Gasteiger partial charge in [0.05, 0.1) is 11.5 Å². The van der Waals surface area contributed by atoms with Gasteiger partial charge in [-0.25, -0.2) is 9.34 Å². The van der Waals surface area contributed by atoms with E-state index in [1.807, 2.05) is 53.5 Å². The number of para-hydroxylation sites is 1. The van der Waals surface area contributed by atoms with Gasteiger partial charge in [0, 0.05) is 43.9 Å². The highest BCUT2D eigenvalue weighted by Gasteiger charge is 2.49. The summed E-state index contributed by atoms with van der Waals surface area (Å²) in [6.45, 7) is 5.20. The second-order valence-electron chi connectivity index (χ2n) is 8.01. The summed E-state index contributed by atoms with van der Waals surface area (Å²) in [4.78, 5) is 13.2. The van der Waals surface area contributed by atoms with Gasteiger partial charge < -0.3 is 14.2 Å². The summed E-state index contributed by atoms with van der Waals surface area (Å²) in [5.41, 5.74) is 1.47. The highest BCUT2D eigenvalue weighted by Crippen LogP contribution is 2.61. The maximum absolute atomic E-state index is 13.1. The minimum Gasteiger partial charge on any atom is -0.450 e. The quantitative estimate of drug-likeness (QED) is 0.232. The van der Waals surface area contributed by atoms with Gasteiger partial charge in [0.2, 0.25) is 5.75 Å². The van der Waals surface area contributed by atoms with E-state index in [1.54, 1.807) is 18.2 Å². The third-order valence-corrected chi connectivity index (χ3v) is 8.24. The van der Waals surface area contributed by atoms with E-state index in [9.17, 15) is 14.7 Å². The molecule has 2 saturated heterocycles. The van der Waals surface area contributed by atoms with Crippen molar-refractivity contribution in [2.75, 3.05) is 40.3 Å². The maximum Gasteiger partial charge on any atom is 0.346 e. The lowest BCUT2D eigenvalue weighted by atomic mass is 10.1. The van der Waals surface area contributed by atoms with E-state index in [0.29, 0.717) is 11.3 Å². The molecule has 0 saturated carbocycles. The molecule has 0 bridgehead atoms. The van der Waals surface area contributed by atoms with E-state index in [0.717, 1.165) is 31.7 Å². The molecule has 0 N–H and O–H groups in total. The summed E-state index contributed by atoms with van der Waals surface area (Å²) in [7, 11) is 0.964. The van der Waals surface area contributed by atoms with Crippen molar-refractivity contribution >= 4 is 13.4 Å². The second kappa shape index (κ2) is 8.68. The molecule has 0 aromatic heterocycles. The van der Waals surface area contributed by atoms with Crippen LogP contribution < -0.4 is 4.74 Å². The molecule has 9 nitrogen and oxygen atoms in total. The maximum atomic E-state index is 13.1. The molecule has 2 fully saturated rings. The Morgan fingerprint density at radius 3 is 2.32 bits per heavy atom. The molecule has 0 spiro atoms. The number of nitrogens with zero attached hydrogens (tertiary/aromatic N) is 4. The van der Waals surface area contributed by atoms with Crippen LogP contribution in [0.25, 0.3) is 0 Å². The average Bonchev–Trinajstić information content (AvgIpc) is 3.64. The Morgan fingerprint density at radius 2 is 1.74 bits per heavy atom. The molecule has 2 aromatic carbocycles. The van der Waals surface area contributed by atoms with Crippen molar-refractivity contribution in [3.05, 3.63) is 63.7 Å². The van der Waals surface area contributed by atoms with Crippen molar-refractivity contribution in [1.29, 1.82) is 0 Å². The van der Waals surface area contributed by atoms with Gasteiger partial charge in [-0.05, 0) is 44.8 Å². The molecule has 2 aromatic rings. The summed E-state index contributed by atoms with van der Waals surface area (Å²) in [5, 5.41) is 11.6. The number of benzene rings is 2. The lowest BCUT2D eigenvalue weighted by Gasteiger charge is -2.23. The van der Waals surface area contributed by atoms with E-state index in [-0.39, 0.29) is 24.1 Å². The standard InChI is InChI=1S/C21H27N4O5P/c1-16(22(2)3)18-6-4-5-7-20(18)30-21-14-17(8-9-19(21)25(26)27)15-29-31(28,23-10-11-23)24-12-13-24/h4-9,14,16H,10-13,15H2,1-3H3. The second-order valence-corrected chi connectivity index (χ2v) is 10.4. The van der Waals surface area contributed by atoms with E-state index >= 15 is 0 Å². The predicted octanol–water partition coefficient (Wildman–Crippen LogP) is 4.27. The molecule has 1 unspecified atom stereocenters. The lowest BCUT2D eigenvalue weighted by molar-refractivity contribution is -0.385. The predicted molar refractivity (Wildman–Crippen MR) is 117 cm³/mol. The van der Waals surface area contributed by atoms with Crippen LogP contribution in [0.2, 0.25) is 0 Å². The largest absolute Gasteiger partial charge is 0.450 e. The van der Waals surface area contributed by atoms with Crippen molar-refractivity contribution in [3.8, 4) is 11.5 Å². The summed E-state index contributed by atoms with van der Waals surface area (Å²) in [5.74, 6) is 0.696. The first kappa shape index (κ1) is 21.9. The van der Waals surface area contributed by atoms with E-state index in [2.05, 4.69) is 0 Å². The van der Waals surface area contributed by atoms with E-state index in [4.69, 9.17) is 9.26 Å². The van der Waals surface area contributed by atoms with Crippen molar-refractivity contribution in [1.82, 2.24) is 14.2 Å². The van der Waals surface area contributed by atoms with Crippen molar-refractivity contribution in [2.24, 2.45) is 0 Å². The molecule has 31 heavy (non-hydrogen) atoms. The van der Waals surface area contributed by atoms with Crippen LogP contribution in [0.15, 0.2) is 42.5 Å². The normalized spacial score (nSPS) is 17.5. The van der Waals surface area contributed by atoms with Gasteiger partial charge in [-0.2, -0.15) is 0 Å². The number of ether oxygens (including phenoxy) is 1. The van der Waals surface area contributed by atoms with E-state index < -0.39 is 12.6 Å². The van der Waals surface area contributed by atoms with Crippen LogP contribution in [0.1, 0.15) is 24.1 Å². The van der Waals surface area contributed by atoms with Crippen molar-refractivity contribution in [3.63, 3.8) is 0 Å². The Morgan fingerprint density at radius 1 is 1.10 bits per heavy atom. The monoisotopic (exact) mass is 446 g/mol. The molecule has 0 aliphatic carbocycles. The number of hydrogen-bond acceptors (Lipinski definition) is 6. The smallest absolute Gasteiger partial charge is 0.346 e. The van der Waals surface area contributed by atoms with Crippen LogP contribution in [0.5, 0.6) is 11.5 Å². The molecule has 10 heteroatoms.